The van der Waals surface area contributed by atoms with Crippen LogP contribution in [0.1, 0.15) is 5.56 Å². The lowest BCUT2D eigenvalue weighted by Gasteiger charge is -2.13. The summed E-state index contributed by atoms with van der Waals surface area (Å²) in [6.07, 6.45) is 1.67. The third-order valence-electron chi connectivity index (χ3n) is 4.43. The SMILES string of the molecule is Cc1ccc(-c2cnc3ccccc3n2)cc1NS(=O)(=O)c1ccc(Cl)c(Cl)c1. The van der Waals surface area contributed by atoms with Gasteiger partial charge in [-0.25, -0.2) is 13.4 Å². The lowest BCUT2D eigenvalue weighted by Crippen LogP contribution is -2.14. The van der Waals surface area contributed by atoms with E-state index in [4.69, 9.17) is 23.2 Å². The van der Waals surface area contributed by atoms with E-state index in [2.05, 4.69) is 14.7 Å². The molecule has 0 saturated heterocycles. The molecule has 1 heterocycles. The summed E-state index contributed by atoms with van der Waals surface area (Å²) in [4.78, 5) is 9.07. The molecule has 5 nitrogen and oxygen atoms in total. The number of hydrogen-bond acceptors (Lipinski definition) is 4. The zero-order chi connectivity index (χ0) is 20.6. The van der Waals surface area contributed by atoms with Crippen LogP contribution in [0.4, 0.5) is 5.69 Å². The smallest absolute Gasteiger partial charge is 0.261 e. The van der Waals surface area contributed by atoms with Crippen LogP contribution in [0.25, 0.3) is 22.3 Å². The number of benzene rings is 3. The molecule has 1 aromatic heterocycles. The number of fused-ring (bicyclic) bond motifs is 1. The molecular weight excluding hydrogens is 429 g/mol. The normalized spacial score (nSPS) is 11.6. The topological polar surface area (TPSA) is 72.0 Å². The van der Waals surface area contributed by atoms with Gasteiger partial charge in [0.25, 0.3) is 10.0 Å². The molecule has 0 aliphatic rings. The van der Waals surface area contributed by atoms with Crippen LogP contribution in [0, 0.1) is 6.92 Å². The average Bonchev–Trinajstić information content (AvgIpc) is 2.71. The van der Waals surface area contributed by atoms with E-state index in [1.165, 1.54) is 18.2 Å². The zero-order valence-electron chi connectivity index (χ0n) is 15.2. The first kappa shape index (κ1) is 19.6. The molecule has 0 radical (unpaired) electrons. The molecule has 0 amide bonds. The maximum atomic E-state index is 12.8. The van der Waals surface area contributed by atoms with Crippen LogP contribution in [-0.2, 0) is 10.0 Å². The summed E-state index contributed by atoms with van der Waals surface area (Å²) in [6, 6.07) is 17.2. The Bertz CT molecular complexity index is 1340. The second-order valence-electron chi connectivity index (χ2n) is 6.46. The number of nitrogens with one attached hydrogen (secondary N) is 1. The molecule has 4 aromatic rings. The molecule has 0 aliphatic carbocycles. The van der Waals surface area contributed by atoms with E-state index >= 15 is 0 Å². The molecule has 0 spiro atoms. The first-order valence-electron chi connectivity index (χ1n) is 8.64. The zero-order valence-corrected chi connectivity index (χ0v) is 17.6. The highest BCUT2D eigenvalue weighted by Crippen LogP contribution is 2.29. The van der Waals surface area contributed by atoms with E-state index in [0.29, 0.717) is 16.4 Å². The van der Waals surface area contributed by atoms with Crippen LogP contribution in [-0.4, -0.2) is 18.4 Å². The quantitative estimate of drug-likeness (QED) is 0.438. The van der Waals surface area contributed by atoms with E-state index < -0.39 is 10.0 Å². The Morgan fingerprint density at radius 2 is 1.66 bits per heavy atom. The first-order valence-corrected chi connectivity index (χ1v) is 10.9. The molecule has 0 fully saturated rings. The molecule has 146 valence electrons. The van der Waals surface area contributed by atoms with Crippen molar-refractivity contribution in [2.24, 2.45) is 0 Å². The summed E-state index contributed by atoms with van der Waals surface area (Å²) in [5.74, 6) is 0. The fourth-order valence-corrected chi connectivity index (χ4v) is 4.35. The van der Waals surface area contributed by atoms with Gasteiger partial charge in [-0.15, -0.1) is 0 Å². The lowest BCUT2D eigenvalue weighted by atomic mass is 10.1. The van der Waals surface area contributed by atoms with Crippen molar-refractivity contribution in [3.63, 3.8) is 0 Å². The minimum Gasteiger partial charge on any atom is -0.279 e. The molecule has 0 aliphatic heterocycles. The number of sulfonamides is 1. The van der Waals surface area contributed by atoms with Gasteiger partial charge < -0.3 is 0 Å². The Kier molecular flexibility index (Phi) is 5.17. The number of aromatic nitrogens is 2. The van der Waals surface area contributed by atoms with Crippen molar-refractivity contribution in [1.29, 1.82) is 0 Å². The monoisotopic (exact) mass is 443 g/mol. The van der Waals surface area contributed by atoms with Gasteiger partial charge in [-0.05, 0) is 48.9 Å². The van der Waals surface area contributed by atoms with Crippen LogP contribution in [0.15, 0.2) is 71.8 Å². The third kappa shape index (κ3) is 4.05. The number of nitrogens with zero attached hydrogens (tertiary/aromatic N) is 2. The fourth-order valence-electron chi connectivity index (χ4n) is 2.84. The first-order chi connectivity index (χ1) is 13.8. The van der Waals surface area contributed by atoms with Crippen molar-refractivity contribution in [2.45, 2.75) is 11.8 Å². The summed E-state index contributed by atoms with van der Waals surface area (Å²) in [5, 5.41) is 0.463. The van der Waals surface area contributed by atoms with E-state index in [-0.39, 0.29) is 9.92 Å². The van der Waals surface area contributed by atoms with E-state index in [9.17, 15) is 8.42 Å². The summed E-state index contributed by atoms with van der Waals surface area (Å²) >= 11 is 11.9. The Hall–Kier alpha value is -2.67. The predicted molar refractivity (Wildman–Crippen MR) is 117 cm³/mol. The highest BCUT2D eigenvalue weighted by atomic mass is 35.5. The van der Waals surface area contributed by atoms with Gasteiger partial charge in [0.15, 0.2) is 0 Å². The van der Waals surface area contributed by atoms with E-state index in [1.807, 2.05) is 43.3 Å². The van der Waals surface area contributed by atoms with Crippen molar-refractivity contribution in [2.75, 3.05) is 4.72 Å². The molecule has 3 aromatic carbocycles. The standard InChI is InChI=1S/C21H15Cl2N3O2S/c1-13-6-7-14(21-12-24-18-4-2-3-5-19(18)25-21)10-20(13)26-29(27,28)15-8-9-16(22)17(23)11-15/h2-12,26H,1H3. The van der Waals surface area contributed by atoms with Crippen LogP contribution >= 0.6 is 23.2 Å². The predicted octanol–water partition coefficient (Wildman–Crippen LogP) is 5.71. The summed E-state index contributed by atoms with van der Waals surface area (Å²) < 4.78 is 28.2. The molecule has 0 bridgehead atoms. The van der Waals surface area contributed by atoms with E-state index in [1.54, 1.807) is 12.3 Å². The molecule has 29 heavy (non-hydrogen) atoms. The Morgan fingerprint density at radius 1 is 0.897 bits per heavy atom. The summed E-state index contributed by atoms with van der Waals surface area (Å²) in [7, 11) is -3.84. The van der Waals surface area contributed by atoms with Crippen LogP contribution in [0.3, 0.4) is 0 Å². The summed E-state index contributed by atoms with van der Waals surface area (Å²) in [5.41, 5.74) is 4.18. The average molecular weight is 444 g/mol. The van der Waals surface area contributed by atoms with Crippen LogP contribution in [0.2, 0.25) is 10.0 Å². The van der Waals surface area contributed by atoms with Crippen LogP contribution in [0.5, 0.6) is 0 Å². The number of rotatable bonds is 4. The Balaban J connectivity index is 1.72. The van der Waals surface area contributed by atoms with Gasteiger partial charge in [-0.2, -0.15) is 0 Å². The van der Waals surface area contributed by atoms with E-state index in [0.717, 1.165) is 22.2 Å². The Labute approximate surface area is 178 Å². The fraction of sp³-hybridized carbons (Fsp3) is 0.0476. The van der Waals surface area contributed by atoms with Crippen molar-refractivity contribution in [1.82, 2.24) is 9.97 Å². The van der Waals surface area contributed by atoms with Gasteiger partial charge in [0.2, 0.25) is 0 Å². The highest BCUT2D eigenvalue weighted by molar-refractivity contribution is 7.92. The Morgan fingerprint density at radius 3 is 2.41 bits per heavy atom. The number of halogens is 2. The lowest BCUT2D eigenvalue weighted by molar-refractivity contribution is 0.601. The second kappa shape index (κ2) is 7.63. The number of hydrogen-bond donors (Lipinski definition) is 1. The maximum absolute atomic E-state index is 12.8. The van der Waals surface area contributed by atoms with Gasteiger partial charge >= 0.3 is 0 Å². The van der Waals surface area contributed by atoms with Crippen molar-refractivity contribution >= 4 is 49.9 Å². The van der Waals surface area contributed by atoms with Gasteiger partial charge in [-0.1, -0.05) is 47.5 Å². The molecular formula is C21H15Cl2N3O2S. The molecule has 0 unspecified atom stereocenters. The van der Waals surface area contributed by atoms with Gasteiger partial charge in [0.1, 0.15) is 0 Å². The van der Waals surface area contributed by atoms with Crippen molar-refractivity contribution in [3.05, 3.63) is 82.5 Å². The van der Waals surface area contributed by atoms with Crippen molar-refractivity contribution in [3.8, 4) is 11.3 Å². The van der Waals surface area contributed by atoms with Crippen molar-refractivity contribution < 1.29 is 8.42 Å². The minimum absolute atomic E-state index is 0.0298. The maximum Gasteiger partial charge on any atom is 0.261 e. The third-order valence-corrected chi connectivity index (χ3v) is 6.53. The van der Waals surface area contributed by atoms with Gasteiger partial charge in [-0.3, -0.25) is 9.71 Å². The summed E-state index contributed by atoms with van der Waals surface area (Å²) in [6.45, 7) is 1.82. The second-order valence-corrected chi connectivity index (χ2v) is 8.95. The molecule has 8 heteroatoms. The molecule has 0 saturated carbocycles. The number of para-hydroxylation sites is 2. The largest absolute Gasteiger partial charge is 0.279 e. The number of aryl methyl sites for hydroxylation is 1. The number of anilines is 1. The van der Waals surface area contributed by atoms with Crippen LogP contribution < -0.4 is 4.72 Å². The molecule has 4 rings (SSSR count). The van der Waals surface area contributed by atoms with Gasteiger partial charge in [0.05, 0.1) is 43.6 Å². The molecule has 0 atom stereocenters. The van der Waals surface area contributed by atoms with Gasteiger partial charge in [0, 0.05) is 5.56 Å². The minimum atomic E-state index is -3.84. The molecule has 1 N–H and O–H groups in total. The highest BCUT2D eigenvalue weighted by Gasteiger charge is 2.17.